The average Bonchev–Trinajstić information content (AvgIpc) is 2.74. The number of fused-ring (bicyclic) bond motifs is 1. The molecule has 0 aliphatic carbocycles. The summed E-state index contributed by atoms with van der Waals surface area (Å²) in [6, 6.07) is 6.10. The number of nitrogens with one attached hydrogen (secondary N) is 1. The van der Waals surface area contributed by atoms with E-state index in [2.05, 4.69) is 32.2 Å². The van der Waals surface area contributed by atoms with Crippen LogP contribution in [0.4, 0.5) is 0 Å². The highest BCUT2D eigenvalue weighted by molar-refractivity contribution is 5.83. The van der Waals surface area contributed by atoms with Crippen LogP contribution >= 0.6 is 0 Å². The third kappa shape index (κ3) is 3.34. The van der Waals surface area contributed by atoms with Gasteiger partial charge in [-0.2, -0.15) is 0 Å². The first kappa shape index (κ1) is 14.9. The second-order valence-corrected chi connectivity index (χ2v) is 5.47. The fraction of sp³-hybridized carbons (Fsp3) is 0.529. The number of hydrogen-bond donors (Lipinski definition) is 1. The van der Waals surface area contributed by atoms with Crippen molar-refractivity contribution in [3.05, 3.63) is 29.5 Å². The molecular weight excluding hydrogens is 250 g/mol. The molecule has 0 unspecified atom stereocenters. The van der Waals surface area contributed by atoms with Crippen LogP contribution in [0.25, 0.3) is 11.0 Å². The van der Waals surface area contributed by atoms with E-state index in [4.69, 9.17) is 9.15 Å². The first-order valence-corrected chi connectivity index (χ1v) is 7.53. The molecule has 0 aliphatic heterocycles. The second-order valence-electron chi connectivity index (χ2n) is 5.47. The molecule has 0 saturated heterocycles. The SMILES string of the molecule is CCNCc1oc2ccc(OCC)cc2c1CC(C)C. The van der Waals surface area contributed by atoms with E-state index in [1.807, 2.05) is 19.1 Å². The van der Waals surface area contributed by atoms with Gasteiger partial charge in [0.25, 0.3) is 0 Å². The van der Waals surface area contributed by atoms with Crippen molar-refractivity contribution in [3.8, 4) is 5.75 Å². The summed E-state index contributed by atoms with van der Waals surface area (Å²) < 4.78 is 11.6. The summed E-state index contributed by atoms with van der Waals surface area (Å²) in [5.41, 5.74) is 2.27. The summed E-state index contributed by atoms with van der Waals surface area (Å²) in [6.45, 7) is 11.0. The summed E-state index contributed by atoms with van der Waals surface area (Å²) in [4.78, 5) is 0. The minimum Gasteiger partial charge on any atom is -0.494 e. The lowest BCUT2D eigenvalue weighted by atomic mass is 9.99. The third-order valence-corrected chi connectivity index (χ3v) is 3.30. The standard InChI is InChI=1S/C17H25NO2/c1-5-18-11-17-14(9-12(3)4)15-10-13(19-6-2)7-8-16(15)20-17/h7-8,10,12,18H,5-6,9,11H2,1-4H3. The number of ether oxygens (including phenoxy) is 1. The summed E-state index contributed by atoms with van der Waals surface area (Å²) >= 11 is 0. The third-order valence-electron chi connectivity index (χ3n) is 3.30. The van der Waals surface area contributed by atoms with Crippen LogP contribution in [0.1, 0.15) is 39.0 Å². The van der Waals surface area contributed by atoms with Crippen LogP contribution in [0, 0.1) is 5.92 Å². The minimum absolute atomic E-state index is 0.604. The summed E-state index contributed by atoms with van der Waals surface area (Å²) in [5.74, 6) is 2.58. The van der Waals surface area contributed by atoms with Gasteiger partial charge in [-0.25, -0.2) is 0 Å². The van der Waals surface area contributed by atoms with Gasteiger partial charge in [-0.3, -0.25) is 0 Å². The van der Waals surface area contributed by atoms with Gasteiger partial charge in [-0.15, -0.1) is 0 Å². The van der Waals surface area contributed by atoms with Crippen molar-refractivity contribution >= 4 is 11.0 Å². The molecule has 1 aromatic carbocycles. The van der Waals surface area contributed by atoms with Crippen molar-refractivity contribution in [1.82, 2.24) is 5.32 Å². The Morgan fingerprint density at radius 3 is 2.70 bits per heavy atom. The van der Waals surface area contributed by atoms with E-state index in [0.717, 1.165) is 36.6 Å². The lowest BCUT2D eigenvalue weighted by Gasteiger charge is -2.07. The van der Waals surface area contributed by atoms with Gasteiger partial charge < -0.3 is 14.5 Å². The Kier molecular flexibility index (Phi) is 5.07. The molecular formula is C17H25NO2. The topological polar surface area (TPSA) is 34.4 Å². The molecule has 1 aromatic heterocycles. The minimum atomic E-state index is 0.604. The van der Waals surface area contributed by atoms with Crippen LogP contribution in [0.5, 0.6) is 5.75 Å². The molecule has 2 rings (SSSR count). The van der Waals surface area contributed by atoms with Crippen LogP contribution in [0.2, 0.25) is 0 Å². The van der Waals surface area contributed by atoms with Crippen LogP contribution in [-0.4, -0.2) is 13.2 Å². The van der Waals surface area contributed by atoms with E-state index < -0.39 is 0 Å². The van der Waals surface area contributed by atoms with Crippen LogP contribution in [0.15, 0.2) is 22.6 Å². The highest BCUT2D eigenvalue weighted by Gasteiger charge is 2.15. The second kappa shape index (κ2) is 6.80. The molecule has 2 aromatic rings. The van der Waals surface area contributed by atoms with Crippen molar-refractivity contribution in [3.63, 3.8) is 0 Å². The number of rotatable bonds is 7. The Morgan fingerprint density at radius 1 is 1.25 bits per heavy atom. The molecule has 0 amide bonds. The lowest BCUT2D eigenvalue weighted by molar-refractivity contribution is 0.340. The first-order valence-electron chi connectivity index (χ1n) is 7.53. The monoisotopic (exact) mass is 275 g/mol. The van der Waals surface area contributed by atoms with Gasteiger partial charge in [0.2, 0.25) is 0 Å². The van der Waals surface area contributed by atoms with Crippen LogP contribution in [-0.2, 0) is 13.0 Å². The van der Waals surface area contributed by atoms with Gasteiger partial charge in [-0.1, -0.05) is 20.8 Å². The van der Waals surface area contributed by atoms with Crippen molar-refractivity contribution < 1.29 is 9.15 Å². The Balaban J connectivity index is 2.43. The van der Waals surface area contributed by atoms with Gasteiger partial charge >= 0.3 is 0 Å². The first-order chi connectivity index (χ1) is 9.65. The smallest absolute Gasteiger partial charge is 0.134 e. The Bertz CT molecular complexity index is 557. The Morgan fingerprint density at radius 2 is 2.05 bits per heavy atom. The van der Waals surface area contributed by atoms with Gasteiger partial charge in [0.15, 0.2) is 0 Å². The summed E-state index contributed by atoms with van der Waals surface area (Å²) in [6.07, 6.45) is 1.03. The zero-order valence-electron chi connectivity index (χ0n) is 13.0. The van der Waals surface area contributed by atoms with E-state index in [1.165, 1.54) is 10.9 Å². The molecule has 0 atom stereocenters. The van der Waals surface area contributed by atoms with E-state index >= 15 is 0 Å². The molecule has 110 valence electrons. The molecule has 0 radical (unpaired) electrons. The molecule has 20 heavy (non-hydrogen) atoms. The quantitative estimate of drug-likeness (QED) is 0.824. The van der Waals surface area contributed by atoms with Gasteiger partial charge in [0.1, 0.15) is 17.1 Å². The van der Waals surface area contributed by atoms with Crippen LogP contribution in [0.3, 0.4) is 0 Å². The molecule has 3 nitrogen and oxygen atoms in total. The molecule has 0 fully saturated rings. The molecule has 0 aliphatic rings. The molecule has 0 bridgehead atoms. The van der Waals surface area contributed by atoms with Crippen LogP contribution < -0.4 is 10.1 Å². The van der Waals surface area contributed by atoms with Gasteiger partial charge in [0, 0.05) is 10.9 Å². The average molecular weight is 275 g/mol. The fourth-order valence-electron chi connectivity index (χ4n) is 2.45. The zero-order valence-corrected chi connectivity index (χ0v) is 13.0. The maximum absolute atomic E-state index is 6.02. The van der Waals surface area contributed by atoms with Crippen molar-refractivity contribution in [2.75, 3.05) is 13.2 Å². The maximum Gasteiger partial charge on any atom is 0.134 e. The Labute approximate surface area is 121 Å². The van der Waals surface area contributed by atoms with Gasteiger partial charge in [0.05, 0.1) is 13.2 Å². The predicted molar refractivity (Wildman–Crippen MR) is 83.3 cm³/mol. The fourth-order valence-corrected chi connectivity index (χ4v) is 2.45. The predicted octanol–water partition coefficient (Wildman–Crippen LogP) is 4.14. The van der Waals surface area contributed by atoms with E-state index in [1.54, 1.807) is 0 Å². The lowest BCUT2D eigenvalue weighted by Crippen LogP contribution is -2.12. The van der Waals surface area contributed by atoms with Gasteiger partial charge in [-0.05, 0) is 44.0 Å². The zero-order chi connectivity index (χ0) is 14.5. The molecule has 1 N–H and O–H groups in total. The maximum atomic E-state index is 6.02. The van der Waals surface area contributed by atoms with E-state index in [0.29, 0.717) is 12.5 Å². The summed E-state index contributed by atoms with van der Waals surface area (Å²) in [5, 5.41) is 4.55. The normalized spacial score (nSPS) is 11.4. The van der Waals surface area contributed by atoms with E-state index in [9.17, 15) is 0 Å². The molecule has 0 saturated carbocycles. The van der Waals surface area contributed by atoms with E-state index in [-0.39, 0.29) is 0 Å². The number of hydrogen-bond acceptors (Lipinski definition) is 3. The summed E-state index contributed by atoms with van der Waals surface area (Å²) in [7, 11) is 0. The largest absolute Gasteiger partial charge is 0.494 e. The molecule has 1 heterocycles. The van der Waals surface area contributed by atoms with Crippen molar-refractivity contribution in [2.45, 2.75) is 40.7 Å². The highest BCUT2D eigenvalue weighted by atomic mass is 16.5. The number of benzene rings is 1. The van der Waals surface area contributed by atoms with Crippen molar-refractivity contribution in [1.29, 1.82) is 0 Å². The van der Waals surface area contributed by atoms with Crippen molar-refractivity contribution in [2.24, 2.45) is 5.92 Å². The Hall–Kier alpha value is -1.48. The molecule has 0 spiro atoms. The molecule has 3 heteroatoms. The number of furan rings is 1. The highest BCUT2D eigenvalue weighted by Crippen LogP contribution is 2.31.